The lowest BCUT2D eigenvalue weighted by Gasteiger charge is -2.32. The predicted molar refractivity (Wildman–Crippen MR) is 333 cm³/mol. The van der Waals surface area contributed by atoms with Gasteiger partial charge in [0, 0.05) is 147 Å². The third-order valence-electron chi connectivity index (χ3n) is 15.1. The van der Waals surface area contributed by atoms with Gasteiger partial charge in [-0.3, -0.25) is 78.0 Å². The van der Waals surface area contributed by atoms with Gasteiger partial charge in [-0.1, -0.05) is 55.8 Å². The zero-order valence-corrected chi connectivity index (χ0v) is 51.8. The fraction of sp³-hybridized carbons (Fsp3) is 0.525. The Balaban J connectivity index is 1.08. The number of phenols is 1. The van der Waals surface area contributed by atoms with E-state index in [-0.39, 0.29) is 166 Å². The van der Waals surface area contributed by atoms with E-state index >= 15 is 0 Å². The molecule has 5 rings (SSSR count). The number of halogens is 2. The van der Waals surface area contributed by atoms with E-state index in [1.54, 1.807) is 64.1 Å². The fourth-order valence-corrected chi connectivity index (χ4v) is 10.3. The fourth-order valence-electron chi connectivity index (χ4n) is 10.3. The maximum Gasteiger partial charge on any atom is 0.321 e. The molecule has 0 aromatic heterocycles. The van der Waals surface area contributed by atoms with Gasteiger partial charge in [-0.05, 0) is 54.9 Å². The summed E-state index contributed by atoms with van der Waals surface area (Å²) in [6.45, 7) is 3.77. The molecule has 0 bridgehead atoms. The second-order valence-electron chi connectivity index (χ2n) is 22.3. The van der Waals surface area contributed by atoms with Gasteiger partial charge in [0.05, 0.1) is 26.2 Å². The average Bonchev–Trinajstić information content (AvgIpc) is 1.67. The van der Waals surface area contributed by atoms with Gasteiger partial charge in [0.15, 0.2) is 5.96 Å². The maximum absolute atomic E-state index is 14.7. The number of aliphatic imine (C=N–C) groups is 1. The Morgan fingerprint density at radius 1 is 0.587 bits per heavy atom. The number of aliphatic carboxylic acids is 3. The highest BCUT2D eigenvalue weighted by atomic mass is 19.1. The summed E-state index contributed by atoms with van der Waals surface area (Å²) >= 11 is 0. The van der Waals surface area contributed by atoms with Gasteiger partial charge >= 0.3 is 23.9 Å². The second kappa shape index (κ2) is 39.4. The zero-order valence-electron chi connectivity index (χ0n) is 51.8. The first-order valence-corrected chi connectivity index (χ1v) is 30.7. The summed E-state index contributed by atoms with van der Waals surface area (Å²) in [5, 5.41) is 59.6. The van der Waals surface area contributed by atoms with Gasteiger partial charge in [-0.2, -0.15) is 0 Å². The van der Waals surface area contributed by atoms with Crippen molar-refractivity contribution < 1.29 is 77.2 Å². The van der Waals surface area contributed by atoms with E-state index < -0.39 is 77.3 Å². The number of rotatable bonds is 34. The number of carbonyl (C=O) groups is 10. The van der Waals surface area contributed by atoms with Crippen LogP contribution in [0, 0.1) is 11.6 Å². The number of urea groups is 1. The third kappa shape index (κ3) is 27.3. The van der Waals surface area contributed by atoms with Gasteiger partial charge in [-0.15, -0.1) is 0 Å². The number of hydrogen-bond donors (Lipinski definition) is 13. The molecule has 8 amide bonds. The molecule has 2 aliphatic heterocycles. The molecule has 1 fully saturated rings. The molecular formula is C61H87F2N15O14. The minimum Gasteiger partial charge on any atom is -0.508 e. The van der Waals surface area contributed by atoms with Crippen LogP contribution < -0.4 is 48.3 Å². The predicted octanol–water partition coefficient (Wildman–Crippen LogP) is 0.436. The number of nitrogens with two attached hydrogens (primary N) is 1. The Labute approximate surface area is 532 Å². The van der Waals surface area contributed by atoms with Gasteiger partial charge < -0.3 is 63.4 Å². The molecule has 14 N–H and O–H groups in total. The van der Waals surface area contributed by atoms with E-state index in [2.05, 4.69) is 47.5 Å². The first-order chi connectivity index (χ1) is 44.1. The number of fused-ring (bicyclic) bond motifs is 1. The summed E-state index contributed by atoms with van der Waals surface area (Å²) in [5.41, 5.74) is 8.08. The first kappa shape index (κ1) is 73.8. The van der Waals surface area contributed by atoms with E-state index in [0.29, 0.717) is 68.7 Å². The van der Waals surface area contributed by atoms with Gasteiger partial charge in [-0.25, -0.2) is 13.6 Å². The van der Waals surface area contributed by atoms with Crippen LogP contribution in [0.1, 0.15) is 93.0 Å². The van der Waals surface area contributed by atoms with E-state index in [4.69, 9.17) is 5.73 Å². The highest BCUT2D eigenvalue weighted by Crippen LogP contribution is 2.36. The number of nitrogens with one attached hydrogen (secondary N) is 8. The molecule has 1 saturated heterocycles. The van der Waals surface area contributed by atoms with Crippen molar-refractivity contribution >= 4 is 71.0 Å². The molecule has 3 aromatic rings. The average molecular weight is 1290 g/mol. The lowest BCUT2D eigenvalue weighted by atomic mass is 10.0. The quantitative estimate of drug-likeness (QED) is 0.0219. The smallest absolute Gasteiger partial charge is 0.321 e. The topological polar surface area (TPSA) is 402 Å². The summed E-state index contributed by atoms with van der Waals surface area (Å²) in [6, 6.07) is 12.7. The molecule has 29 nitrogen and oxygen atoms in total. The van der Waals surface area contributed by atoms with E-state index in [9.17, 15) is 77.2 Å². The van der Waals surface area contributed by atoms with E-state index in [1.165, 1.54) is 0 Å². The van der Waals surface area contributed by atoms with Crippen molar-refractivity contribution in [2.75, 3.05) is 117 Å². The molecular weight excluding hydrogens is 1200 g/mol. The van der Waals surface area contributed by atoms with Crippen LogP contribution in [-0.4, -0.2) is 228 Å². The van der Waals surface area contributed by atoms with Crippen LogP contribution in [0.15, 0.2) is 65.7 Å². The number of carboxylic acid groups (broad SMARTS) is 3. The van der Waals surface area contributed by atoms with Gasteiger partial charge in [0.1, 0.15) is 29.5 Å². The lowest BCUT2D eigenvalue weighted by molar-refractivity contribution is -0.140. The van der Waals surface area contributed by atoms with Crippen LogP contribution in [0.4, 0.5) is 19.3 Å². The Morgan fingerprint density at radius 2 is 1.14 bits per heavy atom. The number of carbonyl (C=O) groups excluding carboxylic acids is 7. The Bertz CT molecular complexity index is 2960. The van der Waals surface area contributed by atoms with Crippen molar-refractivity contribution in [2.45, 2.75) is 96.4 Å². The number of unbranched alkanes of at least 4 members (excludes halogenated alkanes) is 2. The number of benzene rings is 3. The standard InChI is InChI=1S/C61H87F2N15O14/c1-2-50(80)67-22-23-69-61(92)73-60(64)68-21-10-16-49(58(90)70-34-44-46(62)32-43(79)33-47(44)63)72-59(91)57(41-12-5-3-6-13-41)78-35-42-14-9-15-48(45(42)36-78)71-52(82)18-11-20-65-51(81)17-7-4-8-19-66-53(83)37-74-24-26-75(38-54(84)85)28-30-77(40-56(88)89)31-29-76(27-25-74)39-55(86)87/h3,5-6,9,12-15,32-33,49,57,79H,2,4,7-8,10-11,16-31,34-40H2,1H3,(H,65,81)(H,66,83)(H,67,80)(H,70,90)(H,71,82)(H,72,91)(H,84,85)(H,86,87)(H,88,89)(H4,64,68,69,73,92)/t49-,57+/m1/s1. The molecule has 0 unspecified atom stereocenters. The number of carboxylic acids is 3. The van der Waals surface area contributed by atoms with Crippen molar-refractivity contribution in [1.29, 1.82) is 0 Å². The minimum atomic E-state index is -1.28. The summed E-state index contributed by atoms with van der Waals surface area (Å²) in [6.07, 6.45) is 2.78. The molecule has 2 heterocycles. The normalized spacial score (nSPS) is 15.3. The van der Waals surface area contributed by atoms with Crippen LogP contribution in [0.25, 0.3) is 0 Å². The SMILES string of the molecule is CCC(=O)NCCNC(=O)NC(N)=NCCC[C@@H](NC(=O)[C@H](c1ccccc1)N1Cc2cccc(NC(=O)CCCNC(=O)CCCCCNC(=O)CN3CCN(CC(=O)O)CCN(CC(=O)O)CCN(CC(=O)O)CC3)c2C1)C(=O)NCc1c(F)cc(O)cc1F. The number of guanidine groups is 1. The summed E-state index contributed by atoms with van der Waals surface area (Å²) in [5.74, 6) is -8.57. The van der Waals surface area contributed by atoms with Crippen molar-refractivity contribution in [2.24, 2.45) is 10.7 Å². The number of aromatic hydroxyl groups is 1. The molecule has 504 valence electrons. The summed E-state index contributed by atoms with van der Waals surface area (Å²) < 4.78 is 29.5. The monoisotopic (exact) mass is 1290 g/mol. The number of amides is 8. The second-order valence-corrected chi connectivity index (χ2v) is 22.3. The largest absolute Gasteiger partial charge is 0.508 e. The van der Waals surface area contributed by atoms with Crippen LogP contribution >= 0.6 is 0 Å². The van der Waals surface area contributed by atoms with Crippen molar-refractivity contribution in [3.8, 4) is 5.75 Å². The van der Waals surface area contributed by atoms with Gasteiger partial charge in [0.25, 0.3) is 0 Å². The molecule has 2 atom stereocenters. The zero-order chi connectivity index (χ0) is 67.0. The van der Waals surface area contributed by atoms with Crippen molar-refractivity contribution in [1.82, 2.24) is 61.7 Å². The van der Waals surface area contributed by atoms with Gasteiger partial charge in [0.2, 0.25) is 35.4 Å². The van der Waals surface area contributed by atoms with Crippen molar-refractivity contribution in [3.05, 3.63) is 94.6 Å². The molecule has 92 heavy (non-hydrogen) atoms. The highest BCUT2D eigenvalue weighted by molar-refractivity contribution is 5.95. The molecule has 3 aromatic carbocycles. The Morgan fingerprint density at radius 3 is 1.74 bits per heavy atom. The Hall–Kier alpha value is -8.91. The van der Waals surface area contributed by atoms with E-state index in [0.717, 1.165) is 11.1 Å². The number of hydrogen-bond acceptors (Lipinski definition) is 17. The highest BCUT2D eigenvalue weighted by Gasteiger charge is 2.36. The molecule has 0 spiro atoms. The van der Waals surface area contributed by atoms with E-state index in [1.807, 2.05) is 15.9 Å². The molecule has 2 aliphatic rings. The van der Waals surface area contributed by atoms with Crippen LogP contribution in [0.5, 0.6) is 5.75 Å². The molecule has 31 heteroatoms. The lowest BCUT2D eigenvalue weighted by Crippen LogP contribution is -2.50. The molecule has 0 radical (unpaired) electrons. The number of anilines is 1. The maximum atomic E-state index is 14.7. The molecule has 0 saturated carbocycles. The summed E-state index contributed by atoms with van der Waals surface area (Å²) in [7, 11) is 0. The summed E-state index contributed by atoms with van der Waals surface area (Å²) in [4.78, 5) is 139. The number of phenolic OH excluding ortho intramolecular Hbond substituents is 1. The minimum absolute atomic E-state index is 0.0150. The van der Waals surface area contributed by atoms with Crippen molar-refractivity contribution in [3.63, 3.8) is 0 Å². The van der Waals surface area contributed by atoms with Crippen LogP contribution in [0.2, 0.25) is 0 Å². The third-order valence-corrected chi connectivity index (χ3v) is 15.1. The van der Waals surface area contributed by atoms with Crippen LogP contribution in [0.3, 0.4) is 0 Å². The molecule has 0 aliphatic carbocycles. The Kier molecular flexibility index (Phi) is 31.6. The first-order valence-electron chi connectivity index (χ1n) is 30.7. The van der Waals surface area contributed by atoms with Crippen LogP contribution in [-0.2, 0) is 62.8 Å². The number of nitrogens with zero attached hydrogens (tertiary/aromatic N) is 6.